The van der Waals surface area contributed by atoms with Crippen LogP contribution in [0.3, 0.4) is 0 Å². The predicted molar refractivity (Wildman–Crippen MR) is 44.3 cm³/mol. The number of hydrogen-bond acceptors (Lipinski definition) is 3. The molecule has 0 rings (SSSR count). The molecule has 0 amide bonds. The van der Waals surface area contributed by atoms with Crippen LogP contribution < -0.4 is 4.84 Å². The quantitative estimate of drug-likeness (QED) is 0.513. The summed E-state index contributed by atoms with van der Waals surface area (Å²) in [6.45, 7) is 4.16. The van der Waals surface area contributed by atoms with Crippen molar-refractivity contribution in [1.82, 2.24) is 4.84 Å². The van der Waals surface area contributed by atoms with Crippen molar-refractivity contribution in [3.8, 4) is 0 Å². The zero-order valence-electron chi connectivity index (χ0n) is 6.89. The van der Waals surface area contributed by atoms with E-state index in [9.17, 15) is 4.79 Å². The van der Waals surface area contributed by atoms with Crippen molar-refractivity contribution in [2.75, 3.05) is 6.61 Å². The zero-order valence-corrected chi connectivity index (χ0v) is 7.65. The molecule has 0 aromatic heterocycles. The van der Waals surface area contributed by atoms with Crippen molar-refractivity contribution in [2.24, 2.45) is 0 Å². The monoisotopic (exact) mass is 179 g/mol. The second-order valence-corrected chi connectivity index (χ2v) is 2.42. The van der Waals surface area contributed by atoms with Gasteiger partial charge in [-0.15, -0.1) is 0 Å². The maximum absolute atomic E-state index is 11.0. The Morgan fingerprint density at radius 3 is 2.64 bits per heavy atom. The summed E-state index contributed by atoms with van der Waals surface area (Å²) in [5.41, 5.74) is 0. The van der Waals surface area contributed by atoms with Gasteiger partial charge in [-0.2, -0.15) is 0 Å². The van der Waals surface area contributed by atoms with Crippen LogP contribution in [0.4, 0.5) is 0 Å². The SMILES string of the molecule is CCC[C@H](NCl)C(=O)OCC. The molecule has 11 heavy (non-hydrogen) atoms. The van der Waals surface area contributed by atoms with Crippen LogP contribution in [0.25, 0.3) is 0 Å². The molecule has 0 aromatic carbocycles. The lowest BCUT2D eigenvalue weighted by Gasteiger charge is -2.11. The van der Waals surface area contributed by atoms with Gasteiger partial charge in [-0.1, -0.05) is 13.3 Å². The number of rotatable bonds is 5. The van der Waals surface area contributed by atoms with E-state index in [1.54, 1.807) is 6.92 Å². The first-order valence-electron chi connectivity index (χ1n) is 3.79. The van der Waals surface area contributed by atoms with E-state index < -0.39 is 0 Å². The highest BCUT2D eigenvalue weighted by Gasteiger charge is 2.16. The Bertz CT molecular complexity index is 119. The number of halogens is 1. The highest BCUT2D eigenvalue weighted by molar-refractivity contribution is 6.14. The molecule has 0 saturated heterocycles. The van der Waals surface area contributed by atoms with E-state index in [2.05, 4.69) is 4.84 Å². The molecule has 0 bridgehead atoms. The Balaban J connectivity index is 3.71. The number of carbonyl (C=O) groups is 1. The van der Waals surface area contributed by atoms with Gasteiger partial charge in [-0.3, -0.25) is 4.79 Å². The third-order valence-electron chi connectivity index (χ3n) is 1.28. The van der Waals surface area contributed by atoms with Gasteiger partial charge in [0.25, 0.3) is 0 Å². The van der Waals surface area contributed by atoms with Crippen LogP contribution in [0.15, 0.2) is 0 Å². The smallest absolute Gasteiger partial charge is 0.324 e. The van der Waals surface area contributed by atoms with E-state index in [1.807, 2.05) is 6.92 Å². The lowest BCUT2D eigenvalue weighted by Crippen LogP contribution is -2.32. The number of hydrogen-bond donors (Lipinski definition) is 1. The highest BCUT2D eigenvalue weighted by Crippen LogP contribution is 1.99. The molecule has 1 N–H and O–H groups in total. The number of esters is 1. The van der Waals surface area contributed by atoms with Gasteiger partial charge in [0.2, 0.25) is 0 Å². The van der Waals surface area contributed by atoms with Crippen molar-refractivity contribution >= 4 is 17.7 Å². The molecule has 4 heteroatoms. The van der Waals surface area contributed by atoms with Crippen molar-refractivity contribution < 1.29 is 9.53 Å². The zero-order chi connectivity index (χ0) is 8.69. The first kappa shape index (κ1) is 10.7. The van der Waals surface area contributed by atoms with Gasteiger partial charge in [-0.25, -0.2) is 4.84 Å². The second kappa shape index (κ2) is 6.43. The van der Waals surface area contributed by atoms with E-state index in [4.69, 9.17) is 16.5 Å². The van der Waals surface area contributed by atoms with Crippen molar-refractivity contribution in [3.63, 3.8) is 0 Å². The van der Waals surface area contributed by atoms with E-state index >= 15 is 0 Å². The molecule has 0 fully saturated rings. The van der Waals surface area contributed by atoms with Crippen LogP contribution in [0, 0.1) is 0 Å². The van der Waals surface area contributed by atoms with Gasteiger partial charge in [-0.05, 0) is 25.1 Å². The Morgan fingerprint density at radius 2 is 2.27 bits per heavy atom. The summed E-state index contributed by atoms with van der Waals surface area (Å²) in [7, 11) is 0. The van der Waals surface area contributed by atoms with Gasteiger partial charge in [0, 0.05) is 0 Å². The van der Waals surface area contributed by atoms with Gasteiger partial charge in [0.1, 0.15) is 6.04 Å². The van der Waals surface area contributed by atoms with Crippen LogP contribution in [-0.4, -0.2) is 18.6 Å². The molecule has 0 radical (unpaired) electrons. The minimum absolute atomic E-state index is 0.274. The Kier molecular flexibility index (Phi) is 6.27. The average Bonchev–Trinajstić information content (AvgIpc) is 2.00. The number of nitrogens with one attached hydrogen (secondary N) is 1. The number of ether oxygens (including phenoxy) is 1. The molecular weight excluding hydrogens is 166 g/mol. The lowest BCUT2D eigenvalue weighted by atomic mass is 10.2. The summed E-state index contributed by atoms with van der Waals surface area (Å²) >= 11 is 5.33. The maximum Gasteiger partial charge on any atom is 0.324 e. The Labute approximate surface area is 72.2 Å². The first-order chi connectivity index (χ1) is 5.26. The van der Waals surface area contributed by atoms with Crippen LogP contribution in [-0.2, 0) is 9.53 Å². The molecule has 0 saturated carbocycles. The molecule has 0 aliphatic rings. The van der Waals surface area contributed by atoms with Gasteiger partial charge < -0.3 is 4.74 Å². The molecular formula is C7H14ClNO2. The van der Waals surface area contributed by atoms with Crippen LogP contribution in [0.1, 0.15) is 26.7 Å². The van der Waals surface area contributed by atoms with Crippen LogP contribution in [0.5, 0.6) is 0 Å². The predicted octanol–water partition coefficient (Wildman–Crippen LogP) is 1.46. The molecule has 1 atom stereocenters. The summed E-state index contributed by atoms with van der Waals surface area (Å²) < 4.78 is 4.76. The molecule has 0 unspecified atom stereocenters. The summed E-state index contributed by atoms with van der Waals surface area (Å²) in [6, 6.07) is -0.360. The van der Waals surface area contributed by atoms with Crippen molar-refractivity contribution in [3.05, 3.63) is 0 Å². The first-order valence-corrected chi connectivity index (χ1v) is 4.16. The Morgan fingerprint density at radius 1 is 1.64 bits per heavy atom. The minimum Gasteiger partial charge on any atom is -0.465 e. The molecule has 3 nitrogen and oxygen atoms in total. The summed E-state index contributed by atoms with van der Waals surface area (Å²) in [5.74, 6) is -0.274. The fraction of sp³-hybridized carbons (Fsp3) is 0.857. The molecule has 0 heterocycles. The summed E-state index contributed by atoms with van der Waals surface area (Å²) in [4.78, 5) is 13.4. The van der Waals surface area contributed by atoms with Gasteiger partial charge >= 0.3 is 5.97 Å². The second-order valence-electron chi connectivity index (χ2n) is 2.20. The lowest BCUT2D eigenvalue weighted by molar-refractivity contribution is -0.145. The molecule has 66 valence electrons. The largest absolute Gasteiger partial charge is 0.465 e. The number of carbonyl (C=O) groups excluding carboxylic acids is 1. The summed E-state index contributed by atoms with van der Waals surface area (Å²) in [5, 5.41) is 0. The fourth-order valence-electron chi connectivity index (χ4n) is 0.748. The third-order valence-corrected chi connectivity index (χ3v) is 1.54. The summed E-state index contributed by atoms with van der Waals surface area (Å²) in [6.07, 6.45) is 1.62. The average molecular weight is 180 g/mol. The topological polar surface area (TPSA) is 38.3 Å². The van der Waals surface area contributed by atoms with E-state index in [0.717, 1.165) is 6.42 Å². The van der Waals surface area contributed by atoms with E-state index in [1.165, 1.54) is 0 Å². The van der Waals surface area contributed by atoms with E-state index in [0.29, 0.717) is 13.0 Å². The fourth-order valence-corrected chi connectivity index (χ4v) is 0.947. The molecule has 0 aromatic rings. The molecule has 0 aliphatic carbocycles. The molecule has 0 spiro atoms. The maximum atomic E-state index is 11.0. The minimum atomic E-state index is -0.360. The standard InChI is InChI=1S/C7H14ClNO2/c1-3-5-6(9-8)7(10)11-4-2/h6,9H,3-5H2,1-2H3/t6-/m0/s1. The van der Waals surface area contributed by atoms with Crippen molar-refractivity contribution in [2.45, 2.75) is 32.7 Å². The third kappa shape index (κ3) is 4.22. The van der Waals surface area contributed by atoms with Crippen molar-refractivity contribution in [1.29, 1.82) is 0 Å². The Hall–Kier alpha value is -0.280. The van der Waals surface area contributed by atoms with Crippen LogP contribution >= 0.6 is 11.8 Å². The van der Waals surface area contributed by atoms with Gasteiger partial charge in [0.05, 0.1) is 6.61 Å². The van der Waals surface area contributed by atoms with Crippen LogP contribution in [0.2, 0.25) is 0 Å². The highest BCUT2D eigenvalue weighted by atomic mass is 35.5. The normalized spacial score (nSPS) is 12.6. The van der Waals surface area contributed by atoms with Gasteiger partial charge in [0.15, 0.2) is 0 Å². The van der Waals surface area contributed by atoms with E-state index in [-0.39, 0.29) is 12.0 Å². The molecule has 0 aliphatic heterocycles.